The first-order valence-corrected chi connectivity index (χ1v) is 8.66. The van der Waals surface area contributed by atoms with Crippen LogP contribution in [0.2, 0.25) is 0 Å². The van der Waals surface area contributed by atoms with Gasteiger partial charge in [-0.15, -0.1) is 0 Å². The molecule has 0 aliphatic carbocycles. The number of hydrogen-bond acceptors (Lipinski definition) is 4. The molecule has 2 N–H and O–H groups in total. The van der Waals surface area contributed by atoms with Crippen LogP contribution < -0.4 is 4.74 Å². The highest BCUT2D eigenvalue weighted by Crippen LogP contribution is 2.33. The number of aliphatic hydroxyl groups is 1. The summed E-state index contributed by atoms with van der Waals surface area (Å²) in [6, 6.07) is 11.4. The van der Waals surface area contributed by atoms with Gasteiger partial charge in [0, 0.05) is 54.8 Å². The molecule has 1 fully saturated rings. The third-order valence-corrected chi connectivity index (χ3v) is 5.16. The summed E-state index contributed by atoms with van der Waals surface area (Å²) >= 11 is 0. The molecule has 2 aromatic heterocycles. The highest BCUT2D eigenvalue weighted by molar-refractivity contribution is 5.98. The van der Waals surface area contributed by atoms with Gasteiger partial charge < -0.3 is 19.7 Å². The van der Waals surface area contributed by atoms with Crippen LogP contribution in [-0.4, -0.2) is 52.7 Å². The predicted molar refractivity (Wildman–Crippen MR) is 98.3 cm³/mol. The SMILES string of the molecule is COc1ccc2[nH]c(C(=O)N3C[C@@H](CO)[C@H](c4ccncc4)C3)cc2c1. The minimum absolute atomic E-state index is 0.0332. The fraction of sp³-hybridized carbons (Fsp3) is 0.300. The van der Waals surface area contributed by atoms with Gasteiger partial charge in [-0.25, -0.2) is 0 Å². The zero-order valence-electron chi connectivity index (χ0n) is 14.6. The highest BCUT2D eigenvalue weighted by atomic mass is 16.5. The molecule has 6 nitrogen and oxygen atoms in total. The Bertz CT molecular complexity index is 922. The van der Waals surface area contributed by atoms with Gasteiger partial charge in [0.15, 0.2) is 0 Å². The number of rotatable bonds is 4. The number of pyridine rings is 1. The summed E-state index contributed by atoms with van der Waals surface area (Å²) < 4.78 is 5.24. The van der Waals surface area contributed by atoms with E-state index in [0.29, 0.717) is 18.8 Å². The lowest BCUT2D eigenvalue weighted by atomic mass is 9.90. The number of methoxy groups -OCH3 is 1. The molecule has 6 heteroatoms. The molecule has 1 aromatic carbocycles. The van der Waals surface area contributed by atoms with E-state index in [1.54, 1.807) is 19.5 Å². The van der Waals surface area contributed by atoms with E-state index in [-0.39, 0.29) is 24.3 Å². The second-order valence-corrected chi connectivity index (χ2v) is 6.68. The monoisotopic (exact) mass is 351 g/mol. The summed E-state index contributed by atoms with van der Waals surface area (Å²) in [5, 5.41) is 10.7. The van der Waals surface area contributed by atoms with E-state index in [0.717, 1.165) is 22.2 Å². The van der Waals surface area contributed by atoms with Crippen LogP contribution in [0.3, 0.4) is 0 Å². The first-order valence-electron chi connectivity index (χ1n) is 8.66. The fourth-order valence-corrected chi connectivity index (χ4v) is 3.73. The normalized spacial score (nSPS) is 19.8. The molecule has 0 saturated carbocycles. The van der Waals surface area contributed by atoms with Crippen molar-refractivity contribution < 1.29 is 14.6 Å². The van der Waals surface area contributed by atoms with Gasteiger partial charge in [0.2, 0.25) is 0 Å². The zero-order valence-corrected chi connectivity index (χ0v) is 14.6. The number of nitrogens with zero attached hydrogens (tertiary/aromatic N) is 2. The van der Waals surface area contributed by atoms with Gasteiger partial charge in [0.25, 0.3) is 5.91 Å². The maximum atomic E-state index is 13.0. The van der Waals surface area contributed by atoms with Gasteiger partial charge in [0.05, 0.1) is 7.11 Å². The van der Waals surface area contributed by atoms with E-state index in [4.69, 9.17) is 4.74 Å². The molecule has 26 heavy (non-hydrogen) atoms. The lowest BCUT2D eigenvalue weighted by Gasteiger charge is -2.16. The summed E-state index contributed by atoms with van der Waals surface area (Å²) in [6.07, 6.45) is 3.50. The van der Waals surface area contributed by atoms with Crippen molar-refractivity contribution in [3.63, 3.8) is 0 Å². The van der Waals surface area contributed by atoms with Crippen molar-refractivity contribution in [3.05, 3.63) is 60.0 Å². The van der Waals surface area contributed by atoms with Crippen molar-refractivity contribution in [2.75, 3.05) is 26.8 Å². The number of hydrogen-bond donors (Lipinski definition) is 2. The van der Waals surface area contributed by atoms with Crippen molar-refractivity contribution >= 4 is 16.8 Å². The van der Waals surface area contributed by atoms with Gasteiger partial charge >= 0.3 is 0 Å². The Morgan fingerprint density at radius 1 is 1.27 bits per heavy atom. The number of aliphatic hydroxyl groups excluding tert-OH is 1. The number of ether oxygens (including phenoxy) is 1. The second kappa shape index (κ2) is 6.80. The molecule has 1 saturated heterocycles. The third-order valence-electron chi connectivity index (χ3n) is 5.16. The second-order valence-electron chi connectivity index (χ2n) is 6.68. The van der Waals surface area contributed by atoms with Crippen molar-refractivity contribution in [1.82, 2.24) is 14.9 Å². The summed E-state index contributed by atoms with van der Waals surface area (Å²) in [7, 11) is 1.62. The third kappa shape index (κ3) is 2.93. The number of benzene rings is 1. The summed E-state index contributed by atoms with van der Waals surface area (Å²) in [5.74, 6) is 0.868. The van der Waals surface area contributed by atoms with E-state index in [9.17, 15) is 9.90 Å². The number of fused-ring (bicyclic) bond motifs is 1. The van der Waals surface area contributed by atoms with Crippen LogP contribution in [-0.2, 0) is 0 Å². The highest BCUT2D eigenvalue weighted by Gasteiger charge is 2.36. The minimum atomic E-state index is -0.0461. The summed E-state index contributed by atoms with van der Waals surface area (Å²) in [4.78, 5) is 22.0. The number of aromatic nitrogens is 2. The van der Waals surface area contributed by atoms with Gasteiger partial charge in [-0.1, -0.05) is 0 Å². The van der Waals surface area contributed by atoms with E-state index < -0.39 is 0 Å². The predicted octanol–water partition coefficient (Wildman–Crippen LogP) is 2.42. The van der Waals surface area contributed by atoms with Crippen molar-refractivity contribution in [2.24, 2.45) is 5.92 Å². The Kier molecular flexibility index (Phi) is 4.34. The van der Waals surface area contributed by atoms with Crippen LogP contribution >= 0.6 is 0 Å². The van der Waals surface area contributed by atoms with E-state index in [1.165, 1.54) is 0 Å². The molecule has 0 spiro atoms. The topological polar surface area (TPSA) is 78.5 Å². The molecule has 134 valence electrons. The van der Waals surface area contributed by atoms with Crippen LogP contribution in [0, 0.1) is 5.92 Å². The van der Waals surface area contributed by atoms with Crippen molar-refractivity contribution in [2.45, 2.75) is 5.92 Å². The number of amides is 1. The molecule has 0 radical (unpaired) electrons. The molecule has 0 unspecified atom stereocenters. The number of carbonyl (C=O) groups is 1. The Hall–Kier alpha value is -2.86. The Balaban J connectivity index is 1.58. The average Bonchev–Trinajstić information content (AvgIpc) is 3.31. The molecular weight excluding hydrogens is 330 g/mol. The van der Waals surface area contributed by atoms with Crippen LogP contribution in [0.15, 0.2) is 48.8 Å². The first kappa shape index (κ1) is 16.6. The zero-order chi connectivity index (χ0) is 18.1. The minimum Gasteiger partial charge on any atom is -0.497 e. The molecule has 3 aromatic rings. The standard InChI is InChI=1S/C20H21N3O3/c1-26-16-2-3-18-14(8-16)9-19(22-18)20(25)23-10-15(12-24)17(11-23)13-4-6-21-7-5-13/h2-9,15,17,22,24H,10-12H2,1H3/t15-,17-/m0/s1. The van der Waals surface area contributed by atoms with Gasteiger partial charge in [-0.2, -0.15) is 0 Å². The van der Waals surface area contributed by atoms with E-state index in [1.807, 2.05) is 41.3 Å². The molecule has 0 bridgehead atoms. The molecule has 1 aliphatic heterocycles. The number of aromatic amines is 1. The van der Waals surface area contributed by atoms with Gasteiger partial charge in [-0.05, 0) is 42.0 Å². The van der Waals surface area contributed by atoms with E-state index >= 15 is 0 Å². The largest absolute Gasteiger partial charge is 0.497 e. The lowest BCUT2D eigenvalue weighted by molar-refractivity contribution is 0.0776. The quantitative estimate of drug-likeness (QED) is 0.757. The fourth-order valence-electron chi connectivity index (χ4n) is 3.73. The van der Waals surface area contributed by atoms with Gasteiger partial charge in [-0.3, -0.25) is 9.78 Å². The van der Waals surface area contributed by atoms with Crippen molar-refractivity contribution in [3.8, 4) is 5.75 Å². The molecule has 4 rings (SSSR count). The van der Waals surface area contributed by atoms with E-state index in [2.05, 4.69) is 9.97 Å². The number of likely N-dealkylation sites (tertiary alicyclic amines) is 1. The first-order chi connectivity index (χ1) is 12.7. The lowest BCUT2D eigenvalue weighted by Crippen LogP contribution is -2.29. The number of nitrogens with one attached hydrogen (secondary N) is 1. The average molecular weight is 351 g/mol. The smallest absolute Gasteiger partial charge is 0.270 e. The van der Waals surface area contributed by atoms with Gasteiger partial charge in [0.1, 0.15) is 11.4 Å². The van der Waals surface area contributed by atoms with Crippen LogP contribution in [0.1, 0.15) is 22.0 Å². The van der Waals surface area contributed by atoms with Crippen LogP contribution in [0.4, 0.5) is 0 Å². The number of carbonyl (C=O) groups excluding carboxylic acids is 1. The molecule has 1 amide bonds. The maximum absolute atomic E-state index is 13.0. The Morgan fingerprint density at radius 2 is 2.08 bits per heavy atom. The molecule has 2 atom stereocenters. The van der Waals surface area contributed by atoms with Crippen LogP contribution in [0.5, 0.6) is 5.75 Å². The molecule has 3 heterocycles. The Labute approximate surface area is 151 Å². The summed E-state index contributed by atoms with van der Waals surface area (Å²) in [6.45, 7) is 1.19. The summed E-state index contributed by atoms with van der Waals surface area (Å²) in [5.41, 5.74) is 2.56. The van der Waals surface area contributed by atoms with Crippen LogP contribution in [0.25, 0.3) is 10.9 Å². The number of H-pyrrole nitrogens is 1. The molecule has 1 aliphatic rings. The van der Waals surface area contributed by atoms with Crippen molar-refractivity contribution in [1.29, 1.82) is 0 Å². The maximum Gasteiger partial charge on any atom is 0.270 e. The molecular formula is C20H21N3O3. The Morgan fingerprint density at radius 3 is 2.81 bits per heavy atom.